The maximum absolute atomic E-state index is 11.8. The van der Waals surface area contributed by atoms with Crippen molar-refractivity contribution in [2.45, 2.75) is 37.5 Å². The largest absolute Gasteiger partial charge is 0.315 e. The average molecular weight is 345 g/mol. The Bertz CT molecular complexity index is 761. The summed E-state index contributed by atoms with van der Waals surface area (Å²) in [6.07, 6.45) is 2.83. The number of nitrogens with one attached hydrogen (secondary N) is 1. The molecule has 1 aliphatic carbocycles. The summed E-state index contributed by atoms with van der Waals surface area (Å²) >= 11 is 7.33. The molecule has 0 aliphatic heterocycles. The van der Waals surface area contributed by atoms with Crippen LogP contribution in [-0.4, -0.2) is 11.3 Å². The second-order valence-corrected chi connectivity index (χ2v) is 7.54. The maximum atomic E-state index is 11.8. The standard InChI is InChI=1S/C18H17ClN2OS/c1-11(19)17(22)21-18-15(10-20)14-8-7-13(9-16(14)23-18)12-5-3-2-4-6-12/h2-6,11,13H,7-9H2,1H3,(H,21,22). The van der Waals surface area contributed by atoms with E-state index in [1.54, 1.807) is 6.92 Å². The van der Waals surface area contributed by atoms with Crippen molar-refractivity contribution in [3.63, 3.8) is 0 Å². The number of rotatable bonds is 3. The van der Waals surface area contributed by atoms with Crippen LogP contribution in [0.4, 0.5) is 5.00 Å². The predicted molar refractivity (Wildman–Crippen MR) is 94.2 cm³/mol. The van der Waals surface area contributed by atoms with E-state index in [-0.39, 0.29) is 5.91 Å². The molecule has 2 aromatic rings. The molecule has 1 amide bonds. The molecule has 1 aromatic carbocycles. The SMILES string of the molecule is CC(Cl)C(=O)Nc1sc2c(c1C#N)CCC(c1ccccc1)C2. The number of alkyl halides is 1. The van der Waals surface area contributed by atoms with Crippen LogP contribution in [-0.2, 0) is 17.6 Å². The lowest BCUT2D eigenvalue weighted by atomic mass is 9.83. The van der Waals surface area contributed by atoms with E-state index in [4.69, 9.17) is 11.6 Å². The van der Waals surface area contributed by atoms with Gasteiger partial charge in [0.1, 0.15) is 16.4 Å². The summed E-state index contributed by atoms with van der Waals surface area (Å²) in [6.45, 7) is 1.63. The van der Waals surface area contributed by atoms with Gasteiger partial charge < -0.3 is 5.32 Å². The summed E-state index contributed by atoms with van der Waals surface area (Å²) in [5, 5.41) is 12.3. The third kappa shape index (κ3) is 3.26. The Hall–Kier alpha value is -1.83. The first kappa shape index (κ1) is 16.0. The number of fused-ring (bicyclic) bond motifs is 1. The number of halogens is 1. The Labute approximate surface area is 144 Å². The molecule has 0 saturated carbocycles. The van der Waals surface area contributed by atoms with Crippen LogP contribution in [0.25, 0.3) is 0 Å². The molecule has 1 heterocycles. The van der Waals surface area contributed by atoms with E-state index < -0.39 is 5.38 Å². The van der Waals surface area contributed by atoms with Gasteiger partial charge in [0.25, 0.3) is 0 Å². The monoisotopic (exact) mass is 344 g/mol. The molecule has 0 fully saturated rings. The van der Waals surface area contributed by atoms with Gasteiger partial charge in [-0.05, 0) is 43.2 Å². The topological polar surface area (TPSA) is 52.9 Å². The smallest absolute Gasteiger partial charge is 0.242 e. The van der Waals surface area contributed by atoms with Crippen LogP contribution in [0, 0.1) is 11.3 Å². The Morgan fingerprint density at radius 2 is 2.17 bits per heavy atom. The molecule has 1 N–H and O–H groups in total. The number of hydrogen-bond donors (Lipinski definition) is 1. The number of nitrogens with zero attached hydrogens (tertiary/aromatic N) is 1. The molecule has 5 heteroatoms. The predicted octanol–water partition coefficient (Wildman–Crippen LogP) is 4.46. The van der Waals surface area contributed by atoms with Gasteiger partial charge in [-0.2, -0.15) is 5.26 Å². The Balaban J connectivity index is 1.88. The van der Waals surface area contributed by atoms with E-state index in [1.165, 1.54) is 21.8 Å². The van der Waals surface area contributed by atoms with E-state index in [0.29, 0.717) is 16.5 Å². The quantitative estimate of drug-likeness (QED) is 0.836. The van der Waals surface area contributed by atoms with Gasteiger partial charge in [-0.1, -0.05) is 30.3 Å². The highest BCUT2D eigenvalue weighted by Crippen LogP contribution is 2.42. The van der Waals surface area contributed by atoms with Crippen LogP contribution in [0.1, 0.15) is 40.8 Å². The van der Waals surface area contributed by atoms with Gasteiger partial charge in [0.2, 0.25) is 5.91 Å². The molecule has 3 rings (SSSR count). The fourth-order valence-electron chi connectivity index (χ4n) is 3.01. The molecular formula is C18H17ClN2OS. The van der Waals surface area contributed by atoms with Crippen molar-refractivity contribution in [3.8, 4) is 6.07 Å². The van der Waals surface area contributed by atoms with Crippen LogP contribution in [0.15, 0.2) is 30.3 Å². The number of carbonyl (C=O) groups excluding carboxylic acids is 1. The highest BCUT2D eigenvalue weighted by Gasteiger charge is 2.27. The van der Waals surface area contributed by atoms with Gasteiger partial charge in [0.05, 0.1) is 5.56 Å². The number of hydrogen-bond acceptors (Lipinski definition) is 3. The molecule has 118 valence electrons. The third-order valence-electron chi connectivity index (χ3n) is 4.25. The van der Waals surface area contributed by atoms with Crippen LogP contribution < -0.4 is 5.32 Å². The number of benzene rings is 1. The number of anilines is 1. The van der Waals surface area contributed by atoms with Crippen LogP contribution in [0.5, 0.6) is 0 Å². The summed E-state index contributed by atoms with van der Waals surface area (Å²) in [5.74, 6) is 0.214. The highest BCUT2D eigenvalue weighted by molar-refractivity contribution is 7.16. The first-order valence-electron chi connectivity index (χ1n) is 7.64. The molecule has 2 atom stereocenters. The molecule has 23 heavy (non-hydrogen) atoms. The minimum absolute atomic E-state index is 0.263. The van der Waals surface area contributed by atoms with E-state index in [9.17, 15) is 10.1 Å². The summed E-state index contributed by atoms with van der Waals surface area (Å²) in [7, 11) is 0. The lowest BCUT2D eigenvalue weighted by Gasteiger charge is -2.22. The molecular weight excluding hydrogens is 328 g/mol. The van der Waals surface area contributed by atoms with Crippen molar-refractivity contribution < 1.29 is 4.79 Å². The first-order valence-corrected chi connectivity index (χ1v) is 8.90. The normalized spacial score (nSPS) is 17.9. The average Bonchev–Trinajstić information content (AvgIpc) is 2.91. The second kappa shape index (κ2) is 6.74. The minimum Gasteiger partial charge on any atom is -0.315 e. The van der Waals surface area contributed by atoms with Gasteiger partial charge in [0, 0.05) is 4.88 Å². The van der Waals surface area contributed by atoms with E-state index >= 15 is 0 Å². The van der Waals surface area contributed by atoms with Crippen molar-refractivity contribution in [3.05, 3.63) is 51.9 Å². The lowest BCUT2D eigenvalue weighted by molar-refractivity contribution is -0.115. The van der Waals surface area contributed by atoms with Crippen LogP contribution in [0.2, 0.25) is 0 Å². The van der Waals surface area contributed by atoms with Gasteiger partial charge >= 0.3 is 0 Å². The van der Waals surface area contributed by atoms with Crippen molar-refractivity contribution in [2.75, 3.05) is 5.32 Å². The Kier molecular flexibility index (Phi) is 4.70. The van der Waals surface area contributed by atoms with Gasteiger partial charge in [-0.15, -0.1) is 22.9 Å². The van der Waals surface area contributed by atoms with E-state index in [2.05, 4.69) is 35.7 Å². The summed E-state index contributed by atoms with van der Waals surface area (Å²) < 4.78 is 0. The van der Waals surface area contributed by atoms with Gasteiger partial charge in [0.15, 0.2) is 0 Å². The zero-order chi connectivity index (χ0) is 16.4. The van der Waals surface area contributed by atoms with Crippen molar-refractivity contribution in [1.82, 2.24) is 0 Å². The molecule has 0 saturated heterocycles. The third-order valence-corrected chi connectivity index (χ3v) is 5.61. The Morgan fingerprint density at radius 3 is 2.83 bits per heavy atom. The zero-order valence-corrected chi connectivity index (χ0v) is 14.4. The fourth-order valence-corrected chi connectivity index (χ4v) is 4.35. The minimum atomic E-state index is -0.613. The highest BCUT2D eigenvalue weighted by atomic mass is 35.5. The Morgan fingerprint density at radius 1 is 1.43 bits per heavy atom. The molecule has 0 radical (unpaired) electrons. The van der Waals surface area contributed by atoms with Crippen molar-refractivity contribution >= 4 is 33.8 Å². The number of carbonyl (C=O) groups is 1. The van der Waals surface area contributed by atoms with Crippen molar-refractivity contribution in [2.24, 2.45) is 0 Å². The lowest BCUT2D eigenvalue weighted by Crippen LogP contribution is -2.20. The van der Waals surface area contributed by atoms with E-state index in [0.717, 1.165) is 24.8 Å². The second-order valence-electron chi connectivity index (χ2n) is 5.78. The fraction of sp³-hybridized carbons (Fsp3) is 0.333. The van der Waals surface area contributed by atoms with Gasteiger partial charge in [-0.25, -0.2) is 0 Å². The van der Waals surface area contributed by atoms with Gasteiger partial charge in [-0.3, -0.25) is 4.79 Å². The summed E-state index contributed by atoms with van der Waals surface area (Å²) in [6, 6.07) is 12.7. The summed E-state index contributed by atoms with van der Waals surface area (Å²) in [5.41, 5.74) is 3.05. The number of thiophene rings is 1. The van der Waals surface area contributed by atoms with Crippen LogP contribution >= 0.6 is 22.9 Å². The molecule has 2 unspecified atom stereocenters. The molecule has 3 nitrogen and oxygen atoms in total. The van der Waals surface area contributed by atoms with Crippen molar-refractivity contribution in [1.29, 1.82) is 5.26 Å². The molecule has 1 aliphatic rings. The zero-order valence-electron chi connectivity index (χ0n) is 12.8. The summed E-state index contributed by atoms with van der Waals surface area (Å²) in [4.78, 5) is 13.0. The molecule has 1 aromatic heterocycles. The number of amides is 1. The molecule has 0 spiro atoms. The van der Waals surface area contributed by atoms with Crippen LogP contribution in [0.3, 0.4) is 0 Å². The van der Waals surface area contributed by atoms with E-state index in [1.807, 2.05) is 6.07 Å². The first-order chi connectivity index (χ1) is 11.1. The maximum Gasteiger partial charge on any atom is 0.242 e. The number of nitriles is 1. The molecule has 0 bridgehead atoms.